The van der Waals surface area contributed by atoms with Crippen molar-refractivity contribution in [1.29, 1.82) is 0 Å². The van der Waals surface area contributed by atoms with Gasteiger partial charge in [0.2, 0.25) is 0 Å². The Balaban J connectivity index is 1.59. The van der Waals surface area contributed by atoms with E-state index in [0.29, 0.717) is 23.6 Å². The van der Waals surface area contributed by atoms with Crippen molar-refractivity contribution in [2.75, 3.05) is 6.54 Å². The first-order chi connectivity index (χ1) is 12.0. The summed E-state index contributed by atoms with van der Waals surface area (Å²) in [5.41, 5.74) is 2.24. The van der Waals surface area contributed by atoms with Gasteiger partial charge in [-0.3, -0.25) is 4.79 Å². The number of aromatic nitrogens is 2. The topological polar surface area (TPSA) is 68.0 Å². The van der Waals surface area contributed by atoms with Gasteiger partial charge in [-0.05, 0) is 32.4 Å². The number of nitrogens with one attached hydrogen (secondary N) is 1. The molecule has 3 aromatic rings. The van der Waals surface area contributed by atoms with Gasteiger partial charge in [-0.2, -0.15) is 0 Å². The lowest BCUT2D eigenvalue weighted by Crippen LogP contribution is -2.26. The van der Waals surface area contributed by atoms with Gasteiger partial charge in [0, 0.05) is 22.7 Å². The molecule has 132 valence electrons. The van der Waals surface area contributed by atoms with Crippen molar-refractivity contribution < 1.29 is 9.32 Å². The number of hydrogen-bond acceptors (Lipinski definition) is 6. The molecular formula is C18H21N3O2S2. The smallest absolute Gasteiger partial charge is 0.256 e. The van der Waals surface area contributed by atoms with Crippen molar-refractivity contribution in [1.82, 2.24) is 15.5 Å². The van der Waals surface area contributed by atoms with E-state index in [4.69, 9.17) is 4.52 Å². The maximum atomic E-state index is 12.5. The third-order valence-corrected chi connectivity index (χ3v) is 5.77. The number of aryl methyl sites for hydroxylation is 2. The van der Waals surface area contributed by atoms with E-state index in [0.717, 1.165) is 17.1 Å². The van der Waals surface area contributed by atoms with E-state index in [1.54, 1.807) is 29.6 Å². The average Bonchev–Trinajstić information content (AvgIpc) is 3.26. The zero-order chi connectivity index (χ0) is 18.0. The molecule has 0 fully saturated rings. The van der Waals surface area contributed by atoms with Crippen molar-refractivity contribution in [2.45, 2.75) is 40.0 Å². The van der Waals surface area contributed by atoms with E-state index in [9.17, 15) is 4.79 Å². The zero-order valence-electron chi connectivity index (χ0n) is 14.8. The minimum atomic E-state index is -0.116. The van der Waals surface area contributed by atoms with E-state index in [1.807, 2.05) is 20.8 Å². The quantitative estimate of drug-likeness (QED) is 0.685. The number of nitrogens with zero attached hydrogens (tertiary/aromatic N) is 2. The maximum absolute atomic E-state index is 12.5. The van der Waals surface area contributed by atoms with Crippen LogP contribution in [-0.2, 0) is 6.42 Å². The fourth-order valence-electron chi connectivity index (χ4n) is 2.57. The Kier molecular flexibility index (Phi) is 5.34. The molecule has 5 nitrogen and oxygen atoms in total. The molecule has 3 aromatic heterocycles. The van der Waals surface area contributed by atoms with Crippen molar-refractivity contribution in [3.63, 3.8) is 0 Å². The zero-order valence-corrected chi connectivity index (χ0v) is 16.4. The molecule has 7 heteroatoms. The molecule has 0 radical (unpaired) electrons. The Morgan fingerprint density at radius 1 is 1.32 bits per heavy atom. The molecule has 0 spiro atoms. The van der Waals surface area contributed by atoms with Crippen LogP contribution in [0.15, 0.2) is 22.0 Å². The van der Waals surface area contributed by atoms with Gasteiger partial charge in [0.15, 0.2) is 5.76 Å². The van der Waals surface area contributed by atoms with Gasteiger partial charge in [-0.1, -0.05) is 19.0 Å². The fraction of sp³-hybridized carbons (Fsp3) is 0.389. The number of thiophene rings is 1. The molecule has 1 N–H and O–H groups in total. The van der Waals surface area contributed by atoms with Gasteiger partial charge < -0.3 is 9.84 Å². The molecule has 3 rings (SSSR count). The highest BCUT2D eigenvalue weighted by Gasteiger charge is 2.22. The van der Waals surface area contributed by atoms with E-state index < -0.39 is 0 Å². The number of rotatable bonds is 6. The summed E-state index contributed by atoms with van der Waals surface area (Å²) in [6.45, 7) is 8.37. The number of thiazole rings is 1. The molecule has 0 aromatic carbocycles. The van der Waals surface area contributed by atoms with Gasteiger partial charge in [-0.25, -0.2) is 4.98 Å². The van der Waals surface area contributed by atoms with Crippen LogP contribution in [0.4, 0.5) is 0 Å². The molecule has 0 aliphatic heterocycles. The molecule has 0 bridgehead atoms. The van der Waals surface area contributed by atoms with Gasteiger partial charge in [0.1, 0.15) is 5.56 Å². The molecule has 1 amide bonds. The first-order valence-electron chi connectivity index (χ1n) is 8.21. The fourth-order valence-corrected chi connectivity index (χ4v) is 4.23. The van der Waals surface area contributed by atoms with Crippen LogP contribution >= 0.6 is 22.7 Å². The van der Waals surface area contributed by atoms with Crippen molar-refractivity contribution in [3.05, 3.63) is 44.4 Å². The van der Waals surface area contributed by atoms with Crippen molar-refractivity contribution in [2.24, 2.45) is 0 Å². The highest BCUT2D eigenvalue weighted by atomic mass is 32.1. The van der Waals surface area contributed by atoms with Crippen molar-refractivity contribution >= 4 is 28.6 Å². The second-order valence-corrected chi connectivity index (χ2v) is 8.42. The lowest BCUT2D eigenvalue weighted by Gasteiger charge is -2.06. The van der Waals surface area contributed by atoms with E-state index in [-0.39, 0.29) is 11.8 Å². The molecule has 0 atom stereocenters. The van der Waals surface area contributed by atoms with E-state index >= 15 is 0 Å². The number of amides is 1. The molecular weight excluding hydrogens is 354 g/mol. The third kappa shape index (κ3) is 3.99. The van der Waals surface area contributed by atoms with Gasteiger partial charge in [0.25, 0.3) is 5.91 Å². The minimum absolute atomic E-state index is 0.116. The highest BCUT2D eigenvalue weighted by molar-refractivity contribution is 7.16. The van der Waals surface area contributed by atoms with Gasteiger partial charge in [-0.15, -0.1) is 22.7 Å². The van der Waals surface area contributed by atoms with Crippen LogP contribution in [0.3, 0.4) is 0 Å². The molecule has 0 aliphatic carbocycles. The van der Waals surface area contributed by atoms with E-state index in [1.165, 1.54) is 9.75 Å². The lowest BCUT2D eigenvalue weighted by atomic mass is 10.0. The summed E-state index contributed by atoms with van der Waals surface area (Å²) in [7, 11) is 0. The molecule has 0 saturated heterocycles. The summed E-state index contributed by atoms with van der Waals surface area (Å²) in [5.74, 6) is 0.657. The standard InChI is InChI=1S/C18H21N3O2S2/c1-10(2)17-16(11(3)21-23-17)18(22)19-8-7-13-5-6-15(25-13)14-9-24-12(4)20-14/h5-6,9-10H,7-8H2,1-4H3,(H,19,22). The van der Waals surface area contributed by atoms with E-state index in [2.05, 4.69) is 33.0 Å². The minimum Gasteiger partial charge on any atom is -0.360 e. The Morgan fingerprint density at radius 2 is 2.12 bits per heavy atom. The SMILES string of the molecule is Cc1nc(-c2ccc(CCNC(=O)c3c(C)noc3C(C)C)s2)cs1. The Bertz CT molecular complexity index is 877. The first kappa shape index (κ1) is 17.8. The summed E-state index contributed by atoms with van der Waals surface area (Å²) >= 11 is 3.38. The largest absolute Gasteiger partial charge is 0.360 e. The lowest BCUT2D eigenvalue weighted by molar-refractivity contribution is 0.0951. The molecule has 0 saturated carbocycles. The molecule has 0 aliphatic rings. The Labute approximate surface area is 155 Å². The van der Waals surface area contributed by atoms with Crippen LogP contribution in [0, 0.1) is 13.8 Å². The predicted molar refractivity (Wildman–Crippen MR) is 102 cm³/mol. The third-order valence-electron chi connectivity index (χ3n) is 3.83. The van der Waals surface area contributed by atoms with Crippen LogP contribution in [0.2, 0.25) is 0 Å². The predicted octanol–water partition coefficient (Wildman–Crippen LogP) is 4.57. The Morgan fingerprint density at radius 3 is 2.80 bits per heavy atom. The maximum Gasteiger partial charge on any atom is 0.256 e. The number of carbonyl (C=O) groups excluding carboxylic acids is 1. The summed E-state index contributed by atoms with van der Waals surface area (Å²) in [6, 6.07) is 4.20. The Hall–Kier alpha value is -1.99. The average molecular weight is 376 g/mol. The van der Waals surface area contributed by atoms with Crippen LogP contribution < -0.4 is 5.32 Å². The summed E-state index contributed by atoms with van der Waals surface area (Å²) in [6.07, 6.45) is 0.793. The van der Waals surface area contributed by atoms with Crippen LogP contribution in [-0.4, -0.2) is 22.6 Å². The number of carbonyl (C=O) groups is 1. The summed E-state index contributed by atoms with van der Waals surface area (Å²) in [5, 5.41) is 10.1. The molecule has 3 heterocycles. The van der Waals surface area contributed by atoms with Gasteiger partial charge in [0.05, 0.1) is 21.3 Å². The van der Waals surface area contributed by atoms with Crippen LogP contribution in [0.5, 0.6) is 0 Å². The summed E-state index contributed by atoms with van der Waals surface area (Å²) < 4.78 is 5.28. The second kappa shape index (κ2) is 7.49. The summed E-state index contributed by atoms with van der Waals surface area (Å²) in [4.78, 5) is 19.4. The van der Waals surface area contributed by atoms with Crippen LogP contribution in [0.25, 0.3) is 10.6 Å². The number of hydrogen-bond donors (Lipinski definition) is 1. The second-order valence-electron chi connectivity index (χ2n) is 6.19. The normalized spacial score (nSPS) is 11.2. The molecule has 25 heavy (non-hydrogen) atoms. The van der Waals surface area contributed by atoms with Crippen LogP contribution in [0.1, 0.15) is 51.5 Å². The van der Waals surface area contributed by atoms with Gasteiger partial charge >= 0.3 is 0 Å². The van der Waals surface area contributed by atoms with Crippen molar-refractivity contribution in [3.8, 4) is 10.6 Å². The first-order valence-corrected chi connectivity index (χ1v) is 9.91. The monoisotopic (exact) mass is 375 g/mol. The molecule has 0 unspecified atom stereocenters. The highest BCUT2D eigenvalue weighted by Crippen LogP contribution is 2.29.